The Morgan fingerprint density at radius 2 is 1.82 bits per heavy atom. The maximum atomic E-state index is 3.65. The third-order valence-electron chi connectivity index (χ3n) is 3.95. The summed E-state index contributed by atoms with van der Waals surface area (Å²) in [5.41, 5.74) is 1.46. The van der Waals surface area contributed by atoms with Gasteiger partial charge in [0.05, 0.1) is 0 Å². The Morgan fingerprint density at radius 3 is 2.47 bits per heavy atom. The zero-order chi connectivity index (χ0) is 11.9. The van der Waals surface area contributed by atoms with Gasteiger partial charge in [-0.1, -0.05) is 69.4 Å². The van der Waals surface area contributed by atoms with Gasteiger partial charge in [0.1, 0.15) is 0 Å². The predicted molar refractivity (Wildman–Crippen MR) is 74.1 cm³/mol. The first-order chi connectivity index (χ1) is 8.40. The molecule has 0 spiro atoms. The Bertz CT molecular complexity index is 301. The molecule has 17 heavy (non-hydrogen) atoms. The molecule has 1 aliphatic carbocycles. The molecule has 0 bridgehead atoms. The molecule has 1 saturated carbocycles. The lowest BCUT2D eigenvalue weighted by molar-refractivity contribution is 0.301. The molecule has 1 unspecified atom stereocenters. The van der Waals surface area contributed by atoms with Crippen molar-refractivity contribution in [3.63, 3.8) is 0 Å². The van der Waals surface area contributed by atoms with E-state index in [1.165, 1.54) is 44.1 Å². The molecule has 1 aromatic carbocycles. The molecule has 94 valence electrons. The molecule has 0 amide bonds. The Kier molecular flexibility index (Phi) is 5.06. The van der Waals surface area contributed by atoms with Crippen molar-refractivity contribution in [3.05, 3.63) is 35.9 Å². The average Bonchev–Trinajstić information content (AvgIpc) is 2.40. The van der Waals surface area contributed by atoms with Crippen LogP contribution >= 0.6 is 0 Å². The molecule has 0 aromatic heterocycles. The van der Waals surface area contributed by atoms with Crippen LogP contribution in [-0.2, 0) is 0 Å². The summed E-state index contributed by atoms with van der Waals surface area (Å²) in [5.74, 6) is 0.938. The second kappa shape index (κ2) is 6.80. The normalized spacial score (nSPS) is 19.1. The standard InChI is InChI=1S/C16H25N/c1-2-17-16(15-11-7-4-8-12-15)13-14-9-5-3-6-10-14/h4,7-8,11-12,14,16-17H,2-3,5-6,9-10,13H2,1H3. The van der Waals surface area contributed by atoms with Crippen LogP contribution in [0.2, 0.25) is 0 Å². The number of hydrogen-bond donors (Lipinski definition) is 1. The van der Waals surface area contributed by atoms with Crippen LogP contribution in [0.25, 0.3) is 0 Å². The predicted octanol–water partition coefficient (Wildman–Crippen LogP) is 4.31. The maximum absolute atomic E-state index is 3.65. The summed E-state index contributed by atoms with van der Waals surface area (Å²) in [4.78, 5) is 0. The highest BCUT2D eigenvalue weighted by Crippen LogP contribution is 2.31. The van der Waals surface area contributed by atoms with E-state index < -0.39 is 0 Å². The summed E-state index contributed by atoms with van der Waals surface area (Å²) >= 11 is 0. The third-order valence-corrected chi connectivity index (χ3v) is 3.95. The Labute approximate surface area is 106 Å². The van der Waals surface area contributed by atoms with Gasteiger partial charge in [0.15, 0.2) is 0 Å². The zero-order valence-corrected chi connectivity index (χ0v) is 11.0. The minimum Gasteiger partial charge on any atom is -0.310 e. The molecule has 0 aliphatic heterocycles. The molecule has 1 atom stereocenters. The van der Waals surface area contributed by atoms with E-state index in [-0.39, 0.29) is 0 Å². The lowest BCUT2D eigenvalue weighted by Crippen LogP contribution is -2.24. The van der Waals surface area contributed by atoms with Gasteiger partial charge in [-0.25, -0.2) is 0 Å². The van der Waals surface area contributed by atoms with E-state index in [0.29, 0.717) is 6.04 Å². The van der Waals surface area contributed by atoms with E-state index >= 15 is 0 Å². The molecule has 0 radical (unpaired) electrons. The van der Waals surface area contributed by atoms with Crippen LogP contribution in [0.1, 0.15) is 57.1 Å². The van der Waals surface area contributed by atoms with Crippen LogP contribution in [0, 0.1) is 5.92 Å². The van der Waals surface area contributed by atoms with Crippen molar-refractivity contribution in [2.75, 3.05) is 6.54 Å². The summed E-state index contributed by atoms with van der Waals surface area (Å²) in [5, 5.41) is 3.65. The lowest BCUT2D eigenvalue weighted by atomic mass is 9.83. The van der Waals surface area contributed by atoms with Gasteiger partial charge in [-0.3, -0.25) is 0 Å². The minimum absolute atomic E-state index is 0.560. The van der Waals surface area contributed by atoms with E-state index in [0.717, 1.165) is 12.5 Å². The highest BCUT2D eigenvalue weighted by molar-refractivity contribution is 5.18. The van der Waals surface area contributed by atoms with Crippen molar-refractivity contribution >= 4 is 0 Å². The van der Waals surface area contributed by atoms with E-state index in [1.807, 2.05) is 0 Å². The van der Waals surface area contributed by atoms with Crippen LogP contribution < -0.4 is 5.32 Å². The number of benzene rings is 1. The Balaban J connectivity index is 1.96. The summed E-state index contributed by atoms with van der Waals surface area (Å²) < 4.78 is 0. The van der Waals surface area contributed by atoms with Gasteiger partial charge in [-0.15, -0.1) is 0 Å². The van der Waals surface area contributed by atoms with Crippen LogP contribution in [0.5, 0.6) is 0 Å². The fourth-order valence-electron chi connectivity index (χ4n) is 3.03. The molecule has 1 aliphatic rings. The van der Waals surface area contributed by atoms with E-state index in [1.54, 1.807) is 0 Å². The van der Waals surface area contributed by atoms with Gasteiger partial charge in [-0.2, -0.15) is 0 Å². The van der Waals surface area contributed by atoms with Gasteiger partial charge >= 0.3 is 0 Å². The molecule has 1 aromatic rings. The monoisotopic (exact) mass is 231 g/mol. The van der Waals surface area contributed by atoms with E-state index in [2.05, 4.69) is 42.6 Å². The van der Waals surface area contributed by atoms with Crippen molar-refractivity contribution in [1.29, 1.82) is 0 Å². The van der Waals surface area contributed by atoms with Crippen molar-refractivity contribution in [2.24, 2.45) is 5.92 Å². The summed E-state index contributed by atoms with van der Waals surface area (Å²) in [6, 6.07) is 11.5. The first-order valence-electron chi connectivity index (χ1n) is 7.18. The van der Waals surface area contributed by atoms with Crippen molar-refractivity contribution < 1.29 is 0 Å². The van der Waals surface area contributed by atoms with E-state index in [9.17, 15) is 0 Å². The molecule has 2 rings (SSSR count). The lowest BCUT2D eigenvalue weighted by Gasteiger charge is -2.27. The van der Waals surface area contributed by atoms with Gasteiger partial charge < -0.3 is 5.32 Å². The SMILES string of the molecule is CCNC(CC1CCCCC1)c1ccccc1. The number of rotatable bonds is 5. The molecule has 1 heteroatoms. The largest absolute Gasteiger partial charge is 0.310 e. The second-order valence-electron chi connectivity index (χ2n) is 5.26. The van der Waals surface area contributed by atoms with Crippen LogP contribution in [0.15, 0.2) is 30.3 Å². The van der Waals surface area contributed by atoms with E-state index in [4.69, 9.17) is 0 Å². The van der Waals surface area contributed by atoms with Gasteiger partial charge in [-0.05, 0) is 24.4 Å². The molecule has 0 saturated heterocycles. The molecular formula is C16H25N. The summed E-state index contributed by atoms with van der Waals surface area (Å²) in [7, 11) is 0. The highest BCUT2D eigenvalue weighted by atomic mass is 14.9. The minimum atomic E-state index is 0.560. The summed E-state index contributed by atoms with van der Waals surface area (Å²) in [6.45, 7) is 3.27. The smallest absolute Gasteiger partial charge is 0.0322 e. The van der Waals surface area contributed by atoms with Crippen LogP contribution in [0.3, 0.4) is 0 Å². The number of hydrogen-bond acceptors (Lipinski definition) is 1. The maximum Gasteiger partial charge on any atom is 0.0322 e. The molecular weight excluding hydrogens is 206 g/mol. The molecule has 1 fully saturated rings. The first-order valence-corrected chi connectivity index (χ1v) is 7.18. The van der Waals surface area contributed by atoms with Crippen LogP contribution in [-0.4, -0.2) is 6.54 Å². The fraction of sp³-hybridized carbons (Fsp3) is 0.625. The Hall–Kier alpha value is -0.820. The molecule has 1 N–H and O–H groups in total. The van der Waals surface area contributed by atoms with Crippen LogP contribution in [0.4, 0.5) is 0 Å². The van der Waals surface area contributed by atoms with Gasteiger partial charge in [0.25, 0.3) is 0 Å². The van der Waals surface area contributed by atoms with Gasteiger partial charge in [0.2, 0.25) is 0 Å². The topological polar surface area (TPSA) is 12.0 Å². The third kappa shape index (κ3) is 3.85. The molecule has 1 nitrogen and oxygen atoms in total. The average molecular weight is 231 g/mol. The number of nitrogens with one attached hydrogen (secondary N) is 1. The van der Waals surface area contributed by atoms with Crippen molar-refractivity contribution in [2.45, 2.75) is 51.5 Å². The molecule has 0 heterocycles. The quantitative estimate of drug-likeness (QED) is 0.796. The van der Waals surface area contributed by atoms with Gasteiger partial charge in [0, 0.05) is 6.04 Å². The Morgan fingerprint density at radius 1 is 1.12 bits per heavy atom. The highest BCUT2D eigenvalue weighted by Gasteiger charge is 2.19. The first kappa shape index (κ1) is 12.6. The second-order valence-corrected chi connectivity index (χ2v) is 5.26. The fourth-order valence-corrected chi connectivity index (χ4v) is 3.03. The van der Waals surface area contributed by atoms with Crippen molar-refractivity contribution in [1.82, 2.24) is 5.32 Å². The zero-order valence-electron chi connectivity index (χ0n) is 11.0. The summed E-state index contributed by atoms with van der Waals surface area (Å²) in [6.07, 6.45) is 8.53. The van der Waals surface area contributed by atoms with Crippen molar-refractivity contribution in [3.8, 4) is 0 Å².